The van der Waals surface area contributed by atoms with Gasteiger partial charge in [0.05, 0.1) is 13.0 Å². The summed E-state index contributed by atoms with van der Waals surface area (Å²) in [6.07, 6.45) is 3.53. The summed E-state index contributed by atoms with van der Waals surface area (Å²) in [4.78, 5) is 25.3. The normalized spacial score (nSPS) is 22.8. The van der Waals surface area contributed by atoms with Crippen LogP contribution in [0.15, 0.2) is 0 Å². The first-order valence-electron chi connectivity index (χ1n) is 7.46. The predicted octanol–water partition coefficient (Wildman–Crippen LogP) is 1.90. The maximum atomic E-state index is 12.5. The zero-order valence-electron chi connectivity index (χ0n) is 12.4. The minimum Gasteiger partial charge on any atom is -0.481 e. The Hall–Kier alpha value is -1.10. The van der Waals surface area contributed by atoms with Gasteiger partial charge >= 0.3 is 5.97 Å². The number of nitrogens with zero attached hydrogens (tertiary/aromatic N) is 1. The van der Waals surface area contributed by atoms with Crippen LogP contribution in [0.2, 0.25) is 0 Å². The van der Waals surface area contributed by atoms with E-state index < -0.39 is 11.4 Å². The second-order valence-electron chi connectivity index (χ2n) is 6.92. The first-order valence-corrected chi connectivity index (χ1v) is 7.46. The molecule has 1 N–H and O–H groups in total. The standard InChI is InChI=1S/C15H25NO4/c1-15(2,8-14(18)19)7-13(17)16(12-3-4-12)9-11-5-6-20-10-11/h11-12H,3-10H2,1-2H3,(H,18,19). The molecule has 1 heterocycles. The Balaban J connectivity index is 1.91. The summed E-state index contributed by atoms with van der Waals surface area (Å²) in [7, 11) is 0. The van der Waals surface area contributed by atoms with Crippen LogP contribution in [0.1, 0.15) is 46.0 Å². The summed E-state index contributed by atoms with van der Waals surface area (Å²) in [5.41, 5.74) is -0.484. The summed E-state index contributed by atoms with van der Waals surface area (Å²) in [5, 5.41) is 8.91. The first kappa shape index (κ1) is 15.3. The lowest BCUT2D eigenvalue weighted by Gasteiger charge is -2.29. The number of carbonyl (C=O) groups is 2. The zero-order chi connectivity index (χ0) is 14.8. The van der Waals surface area contributed by atoms with Crippen molar-refractivity contribution in [2.75, 3.05) is 19.8 Å². The molecule has 2 fully saturated rings. The lowest BCUT2D eigenvalue weighted by atomic mass is 9.85. The second kappa shape index (κ2) is 6.12. The first-order chi connectivity index (χ1) is 9.37. The van der Waals surface area contributed by atoms with Crippen LogP contribution < -0.4 is 0 Å². The number of carboxylic acid groups (broad SMARTS) is 1. The Kier molecular flexibility index (Phi) is 4.68. The number of hydrogen-bond acceptors (Lipinski definition) is 3. The molecule has 114 valence electrons. The predicted molar refractivity (Wildman–Crippen MR) is 74.3 cm³/mol. The van der Waals surface area contributed by atoms with Gasteiger partial charge in [-0.25, -0.2) is 0 Å². The number of amides is 1. The molecule has 2 aliphatic rings. The summed E-state index contributed by atoms with van der Waals surface area (Å²) in [6, 6.07) is 0.378. The van der Waals surface area contributed by atoms with Gasteiger partial charge in [-0.15, -0.1) is 0 Å². The molecule has 5 heteroatoms. The van der Waals surface area contributed by atoms with Crippen molar-refractivity contribution in [3.05, 3.63) is 0 Å². The number of carbonyl (C=O) groups excluding carboxylic acids is 1. The van der Waals surface area contributed by atoms with Crippen molar-refractivity contribution in [2.24, 2.45) is 11.3 Å². The van der Waals surface area contributed by atoms with Crippen molar-refractivity contribution in [3.63, 3.8) is 0 Å². The maximum Gasteiger partial charge on any atom is 0.303 e. The molecule has 1 aliphatic carbocycles. The Morgan fingerprint density at radius 2 is 1.95 bits per heavy atom. The minimum absolute atomic E-state index is 0.0315. The van der Waals surface area contributed by atoms with Gasteiger partial charge in [0, 0.05) is 31.5 Å². The highest BCUT2D eigenvalue weighted by Gasteiger charge is 2.37. The molecule has 1 unspecified atom stereocenters. The van der Waals surface area contributed by atoms with E-state index in [1.165, 1.54) is 0 Å². The molecule has 1 aliphatic heterocycles. The third kappa shape index (κ3) is 4.47. The smallest absolute Gasteiger partial charge is 0.303 e. The molecule has 0 bridgehead atoms. The topological polar surface area (TPSA) is 66.8 Å². The van der Waals surface area contributed by atoms with Crippen molar-refractivity contribution in [1.29, 1.82) is 0 Å². The van der Waals surface area contributed by atoms with E-state index in [2.05, 4.69) is 0 Å². The van der Waals surface area contributed by atoms with Gasteiger partial charge in [0.15, 0.2) is 0 Å². The Morgan fingerprint density at radius 1 is 1.25 bits per heavy atom. The van der Waals surface area contributed by atoms with Gasteiger partial charge in [-0.3, -0.25) is 9.59 Å². The monoisotopic (exact) mass is 283 g/mol. The molecule has 0 spiro atoms. The molecule has 2 rings (SSSR count). The molecule has 1 amide bonds. The van der Waals surface area contributed by atoms with Crippen LogP contribution in [0.25, 0.3) is 0 Å². The molecule has 1 atom stereocenters. The van der Waals surface area contributed by atoms with Crippen LogP contribution in [0.3, 0.4) is 0 Å². The van der Waals surface area contributed by atoms with E-state index in [1.54, 1.807) is 0 Å². The molecule has 1 saturated heterocycles. The fourth-order valence-corrected chi connectivity index (χ4v) is 2.83. The Labute approximate surface area is 120 Å². The fourth-order valence-electron chi connectivity index (χ4n) is 2.83. The molecule has 0 aromatic heterocycles. The van der Waals surface area contributed by atoms with Gasteiger partial charge in [-0.2, -0.15) is 0 Å². The van der Waals surface area contributed by atoms with E-state index in [9.17, 15) is 9.59 Å². The van der Waals surface area contributed by atoms with Crippen LogP contribution >= 0.6 is 0 Å². The highest BCUT2D eigenvalue weighted by molar-refractivity contribution is 5.78. The van der Waals surface area contributed by atoms with E-state index >= 15 is 0 Å². The van der Waals surface area contributed by atoms with E-state index in [1.807, 2.05) is 18.7 Å². The van der Waals surface area contributed by atoms with Crippen molar-refractivity contribution in [3.8, 4) is 0 Å². The van der Waals surface area contributed by atoms with Gasteiger partial charge < -0.3 is 14.7 Å². The lowest BCUT2D eigenvalue weighted by molar-refractivity contribution is -0.141. The highest BCUT2D eigenvalue weighted by atomic mass is 16.5. The van der Waals surface area contributed by atoms with Crippen LogP contribution in [0, 0.1) is 11.3 Å². The van der Waals surface area contributed by atoms with Crippen LogP contribution in [0.4, 0.5) is 0 Å². The van der Waals surface area contributed by atoms with Crippen molar-refractivity contribution >= 4 is 11.9 Å². The van der Waals surface area contributed by atoms with Gasteiger partial charge in [0.2, 0.25) is 5.91 Å². The third-order valence-electron chi connectivity index (χ3n) is 4.05. The average Bonchev–Trinajstić information content (AvgIpc) is 3.00. The quantitative estimate of drug-likeness (QED) is 0.775. The van der Waals surface area contributed by atoms with Crippen molar-refractivity contribution in [2.45, 2.75) is 52.0 Å². The van der Waals surface area contributed by atoms with Gasteiger partial charge in [-0.05, 0) is 24.7 Å². The summed E-state index contributed by atoms with van der Waals surface area (Å²) in [6.45, 7) is 6.01. The van der Waals surface area contributed by atoms with Crippen molar-refractivity contribution < 1.29 is 19.4 Å². The zero-order valence-corrected chi connectivity index (χ0v) is 12.4. The summed E-state index contributed by atoms with van der Waals surface area (Å²) >= 11 is 0. The molecular weight excluding hydrogens is 258 g/mol. The fraction of sp³-hybridized carbons (Fsp3) is 0.867. The van der Waals surface area contributed by atoms with Gasteiger partial charge in [0.1, 0.15) is 0 Å². The summed E-state index contributed by atoms with van der Waals surface area (Å²) in [5.74, 6) is -0.294. The number of aliphatic carboxylic acids is 1. The SMILES string of the molecule is CC(C)(CC(=O)O)CC(=O)N(CC1CCOC1)C1CC1. The van der Waals surface area contributed by atoms with Gasteiger partial charge in [-0.1, -0.05) is 13.8 Å². The van der Waals surface area contributed by atoms with Crippen LogP contribution in [-0.2, 0) is 14.3 Å². The van der Waals surface area contributed by atoms with Gasteiger partial charge in [0.25, 0.3) is 0 Å². The third-order valence-corrected chi connectivity index (χ3v) is 4.05. The second-order valence-corrected chi connectivity index (χ2v) is 6.92. The largest absolute Gasteiger partial charge is 0.481 e. The molecule has 0 aromatic carbocycles. The molecule has 0 radical (unpaired) electrons. The lowest BCUT2D eigenvalue weighted by Crippen LogP contribution is -2.39. The number of hydrogen-bond donors (Lipinski definition) is 1. The van der Waals surface area contributed by atoms with Crippen molar-refractivity contribution in [1.82, 2.24) is 4.90 Å². The average molecular weight is 283 g/mol. The molecule has 20 heavy (non-hydrogen) atoms. The maximum absolute atomic E-state index is 12.5. The van der Waals surface area contributed by atoms with E-state index in [-0.39, 0.29) is 12.3 Å². The van der Waals surface area contributed by atoms with Crippen LogP contribution in [-0.4, -0.2) is 47.7 Å². The minimum atomic E-state index is -0.843. The molecule has 0 aromatic rings. The number of ether oxygens (including phenoxy) is 1. The number of rotatable bonds is 7. The van der Waals surface area contributed by atoms with E-state index in [4.69, 9.17) is 9.84 Å². The molecule has 5 nitrogen and oxygen atoms in total. The van der Waals surface area contributed by atoms with Crippen LogP contribution in [0.5, 0.6) is 0 Å². The van der Waals surface area contributed by atoms with E-state index in [0.29, 0.717) is 18.4 Å². The summed E-state index contributed by atoms with van der Waals surface area (Å²) < 4.78 is 5.38. The Morgan fingerprint density at radius 3 is 2.45 bits per heavy atom. The number of carboxylic acids is 1. The molecule has 1 saturated carbocycles. The molecular formula is C15H25NO4. The highest BCUT2D eigenvalue weighted by Crippen LogP contribution is 2.33. The van der Waals surface area contributed by atoms with E-state index in [0.717, 1.165) is 39.0 Å². The Bertz CT molecular complexity index is 370.